The Balaban J connectivity index is 2.07. The number of hydrazone groups is 1. The molecular weight excluding hydrogens is 522 g/mol. The first-order valence-electron chi connectivity index (χ1n) is 11.1. The molecule has 0 radical (unpaired) electrons. The van der Waals surface area contributed by atoms with E-state index in [-0.39, 0.29) is 11.8 Å². The maximum absolute atomic E-state index is 12.8. The topological polar surface area (TPSA) is 89.0 Å². The van der Waals surface area contributed by atoms with E-state index < -0.39 is 11.9 Å². The van der Waals surface area contributed by atoms with Crippen molar-refractivity contribution in [1.29, 1.82) is 0 Å². The number of hydrogen-bond acceptors (Lipinski definition) is 5. The molecule has 2 aromatic rings. The quantitative estimate of drug-likeness (QED) is 0.204. The molecule has 0 saturated heterocycles. The molecule has 0 bridgehead atoms. The summed E-state index contributed by atoms with van der Waals surface area (Å²) in [5.41, 5.74) is 3.65. The van der Waals surface area contributed by atoms with Crippen molar-refractivity contribution in [2.75, 3.05) is 13.7 Å². The number of carbonyl (C=O) groups is 2. The monoisotopic (exact) mass is 551 g/mol. The zero-order valence-electron chi connectivity index (χ0n) is 19.9. The Kier molecular flexibility index (Phi) is 11.4. The molecule has 0 aromatic heterocycles. The number of rotatable bonds is 12. The number of halogens is 2. The van der Waals surface area contributed by atoms with Crippen LogP contribution in [0.5, 0.6) is 11.5 Å². The third-order valence-corrected chi connectivity index (χ3v) is 5.66. The van der Waals surface area contributed by atoms with Gasteiger partial charge in [0, 0.05) is 10.6 Å². The lowest BCUT2D eigenvalue weighted by molar-refractivity contribution is -0.123. The third-order valence-electron chi connectivity index (χ3n) is 4.82. The first-order chi connectivity index (χ1) is 16.2. The fraction of sp³-hybridized carbons (Fsp3) is 0.400. The minimum atomic E-state index is -0.740. The Morgan fingerprint density at radius 2 is 1.91 bits per heavy atom. The van der Waals surface area contributed by atoms with E-state index in [2.05, 4.69) is 38.7 Å². The van der Waals surface area contributed by atoms with E-state index >= 15 is 0 Å². The first-order valence-corrected chi connectivity index (χ1v) is 12.3. The number of nitrogens with zero attached hydrogens (tertiary/aromatic N) is 1. The van der Waals surface area contributed by atoms with E-state index in [1.54, 1.807) is 37.4 Å². The Morgan fingerprint density at radius 3 is 2.53 bits per heavy atom. The van der Waals surface area contributed by atoms with Gasteiger partial charge in [0.05, 0.1) is 24.4 Å². The summed E-state index contributed by atoms with van der Waals surface area (Å²) in [6, 6.07) is 9.34. The van der Waals surface area contributed by atoms with Gasteiger partial charge in [0.15, 0.2) is 11.5 Å². The van der Waals surface area contributed by atoms with E-state index in [0.29, 0.717) is 40.7 Å². The van der Waals surface area contributed by atoms with Crippen LogP contribution in [0.15, 0.2) is 46.0 Å². The molecule has 7 nitrogen and oxygen atoms in total. The van der Waals surface area contributed by atoms with Crippen LogP contribution in [-0.2, 0) is 4.79 Å². The fourth-order valence-corrected chi connectivity index (χ4v) is 3.77. The SMILES string of the molecule is CCCCOc1c(Br)cc(/C=N/NC(=O)C(CC(C)C)NC(=O)c2ccc(Cl)cc2)cc1OC. The second kappa shape index (κ2) is 14.0. The summed E-state index contributed by atoms with van der Waals surface area (Å²) in [5, 5.41) is 7.39. The molecular formula is C25H31BrClN3O4. The second-order valence-corrected chi connectivity index (χ2v) is 9.42. The molecule has 34 heavy (non-hydrogen) atoms. The molecule has 0 aliphatic rings. The maximum atomic E-state index is 12.8. The van der Waals surface area contributed by atoms with Crippen molar-refractivity contribution < 1.29 is 19.1 Å². The molecule has 0 fully saturated rings. The molecule has 184 valence electrons. The number of amides is 2. The molecule has 2 aromatic carbocycles. The number of benzene rings is 2. The average molecular weight is 553 g/mol. The van der Waals surface area contributed by atoms with Crippen LogP contribution < -0.4 is 20.2 Å². The predicted octanol–water partition coefficient (Wildman–Crippen LogP) is 5.58. The maximum Gasteiger partial charge on any atom is 0.262 e. The van der Waals surface area contributed by atoms with Crippen molar-refractivity contribution in [3.63, 3.8) is 0 Å². The molecule has 0 aliphatic heterocycles. The summed E-state index contributed by atoms with van der Waals surface area (Å²) in [5.74, 6) is 0.613. The highest BCUT2D eigenvalue weighted by atomic mass is 79.9. The zero-order chi connectivity index (χ0) is 25.1. The zero-order valence-corrected chi connectivity index (χ0v) is 22.2. The highest BCUT2D eigenvalue weighted by molar-refractivity contribution is 9.10. The van der Waals surface area contributed by atoms with Gasteiger partial charge in [-0.2, -0.15) is 5.10 Å². The van der Waals surface area contributed by atoms with Gasteiger partial charge in [-0.25, -0.2) is 5.43 Å². The van der Waals surface area contributed by atoms with E-state index in [4.69, 9.17) is 21.1 Å². The number of carbonyl (C=O) groups excluding carboxylic acids is 2. The Bertz CT molecular complexity index is 996. The number of nitrogens with one attached hydrogen (secondary N) is 2. The highest BCUT2D eigenvalue weighted by Gasteiger charge is 2.22. The van der Waals surface area contributed by atoms with Crippen molar-refractivity contribution in [2.24, 2.45) is 11.0 Å². The number of methoxy groups -OCH3 is 1. The van der Waals surface area contributed by atoms with Crippen molar-refractivity contribution in [3.05, 3.63) is 57.0 Å². The molecule has 2 amide bonds. The number of unbranched alkanes of at least 4 members (excludes halogenated alkanes) is 1. The molecule has 0 spiro atoms. The molecule has 2 rings (SSSR count). The summed E-state index contributed by atoms with van der Waals surface area (Å²) >= 11 is 9.39. The highest BCUT2D eigenvalue weighted by Crippen LogP contribution is 2.36. The lowest BCUT2D eigenvalue weighted by Gasteiger charge is -2.19. The minimum absolute atomic E-state index is 0.186. The van der Waals surface area contributed by atoms with Crippen LogP contribution in [0.25, 0.3) is 0 Å². The third kappa shape index (κ3) is 8.65. The van der Waals surface area contributed by atoms with Gasteiger partial charge in [0.25, 0.3) is 11.8 Å². The smallest absolute Gasteiger partial charge is 0.262 e. The molecule has 1 unspecified atom stereocenters. The standard InChI is InChI=1S/C25H31BrClN3O4/c1-5-6-11-34-23-20(26)13-17(14-22(23)33-4)15-28-30-25(32)21(12-16(2)3)29-24(31)18-7-9-19(27)10-8-18/h7-10,13-16,21H,5-6,11-12H2,1-4H3,(H,29,31)(H,30,32)/b28-15+. The molecule has 9 heteroatoms. The van der Waals surface area contributed by atoms with E-state index in [9.17, 15) is 9.59 Å². The van der Waals surface area contributed by atoms with Crippen LogP contribution in [0.2, 0.25) is 5.02 Å². The van der Waals surface area contributed by atoms with E-state index in [0.717, 1.165) is 17.3 Å². The summed E-state index contributed by atoms with van der Waals surface area (Å²) < 4.78 is 12.0. The van der Waals surface area contributed by atoms with Crippen LogP contribution in [0, 0.1) is 5.92 Å². The molecule has 0 saturated carbocycles. The molecule has 1 atom stereocenters. The Morgan fingerprint density at radius 1 is 1.21 bits per heavy atom. The Labute approximate surface area is 214 Å². The van der Waals surface area contributed by atoms with Crippen LogP contribution in [0.3, 0.4) is 0 Å². The number of ether oxygens (including phenoxy) is 2. The van der Waals surface area contributed by atoms with Gasteiger partial charge in [-0.15, -0.1) is 0 Å². The van der Waals surface area contributed by atoms with Crippen LogP contribution >= 0.6 is 27.5 Å². The van der Waals surface area contributed by atoms with Crippen LogP contribution in [0.4, 0.5) is 0 Å². The normalized spacial score (nSPS) is 12.0. The fourth-order valence-electron chi connectivity index (χ4n) is 3.07. The summed E-state index contributed by atoms with van der Waals surface area (Å²) in [6.45, 7) is 6.64. The van der Waals surface area contributed by atoms with Gasteiger partial charge in [0.2, 0.25) is 0 Å². The van der Waals surface area contributed by atoms with Crippen molar-refractivity contribution in [1.82, 2.24) is 10.7 Å². The molecule has 0 aliphatic carbocycles. The summed E-state index contributed by atoms with van der Waals surface area (Å²) in [7, 11) is 1.57. The number of hydrogen-bond donors (Lipinski definition) is 2. The minimum Gasteiger partial charge on any atom is -0.493 e. The second-order valence-electron chi connectivity index (χ2n) is 8.13. The lowest BCUT2D eigenvalue weighted by Crippen LogP contribution is -2.46. The average Bonchev–Trinajstić information content (AvgIpc) is 2.79. The molecule has 2 N–H and O–H groups in total. The van der Waals surface area contributed by atoms with Gasteiger partial charge in [0.1, 0.15) is 6.04 Å². The Hall–Kier alpha value is -2.58. The van der Waals surface area contributed by atoms with Crippen molar-refractivity contribution in [3.8, 4) is 11.5 Å². The lowest BCUT2D eigenvalue weighted by atomic mass is 10.0. The molecule has 0 heterocycles. The van der Waals surface area contributed by atoms with Gasteiger partial charge < -0.3 is 14.8 Å². The van der Waals surface area contributed by atoms with Crippen molar-refractivity contribution >= 4 is 45.6 Å². The van der Waals surface area contributed by atoms with E-state index in [1.807, 2.05) is 19.9 Å². The van der Waals surface area contributed by atoms with Gasteiger partial charge >= 0.3 is 0 Å². The van der Waals surface area contributed by atoms with Crippen LogP contribution in [0.1, 0.15) is 56.0 Å². The summed E-state index contributed by atoms with van der Waals surface area (Å²) in [4.78, 5) is 25.3. The van der Waals surface area contributed by atoms with Crippen molar-refractivity contribution in [2.45, 2.75) is 46.1 Å². The first kappa shape index (κ1) is 27.7. The summed E-state index contributed by atoms with van der Waals surface area (Å²) in [6.07, 6.45) is 3.94. The largest absolute Gasteiger partial charge is 0.493 e. The predicted molar refractivity (Wildman–Crippen MR) is 139 cm³/mol. The van der Waals surface area contributed by atoms with E-state index in [1.165, 1.54) is 6.21 Å². The van der Waals surface area contributed by atoms with Gasteiger partial charge in [-0.05, 0) is 76.7 Å². The van der Waals surface area contributed by atoms with Gasteiger partial charge in [-0.1, -0.05) is 38.8 Å². The van der Waals surface area contributed by atoms with Crippen LogP contribution in [-0.4, -0.2) is 37.8 Å². The van der Waals surface area contributed by atoms with Gasteiger partial charge in [-0.3, -0.25) is 9.59 Å².